The Hall–Kier alpha value is 0.0382. The molecule has 1 aromatic carbocycles. The molecule has 0 amide bonds. The molecule has 1 rings (SSSR count). The summed E-state index contributed by atoms with van der Waals surface area (Å²) in [6, 6.07) is 11.3. The molecule has 0 nitrogen and oxygen atoms in total. The van der Waals surface area contributed by atoms with Gasteiger partial charge in [-0.05, 0) is 0 Å². The molecule has 0 aliphatic heterocycles. The van der Waals surface area contributed by atoms with Crippen LogP contribution in [0.15, 0.2) is 30.3 Å². The molecule has 0 saturated heterocycles. The van der Waals surface area contributed by atoms with Gasteiger partial charge in [-0.3, -0.25) is 0 Å². The van der Waals surface area contributed by atoms with Crippen LogP contribution >= 0.6 is 0 Å². The van der Waals surface area contributed by atoms with Crippen molar-refractivity contribution in [3.63, 3.8) is 0 Å². The van der Waals surface area contributed by atoms with Gasteiger partial charge in [0.1, 0.15) is 0 Å². The number of rotatable bonds is 15. The van der Waals surface area contributed by atoms with E-state index in [1.165, 1.54) is 77.3 Å². The van der Waals surface area contributed by atoms with Crippen LogP contribution in [-0.4, -0.2) is 18.8 Å². The third-order valence-electron chi connectivity index (χ3n) is 5.69. The van der Waals surface area contributed by atoms with E-state index < -0.39 is 18.8 Å². The SMILES string of the molecule is CCCCCCCCCCC[CH2][Sb+]([CH2]C)([CH2]C)[CH2]c1ccccc1. The zero-order valence-electron chi connectivity index (χ0n) is 16.7. The summed E-state index contributed by atoms with van der Waals surface area (Å²) < 4.78 is 6.10. The topological polar surface area (TPSA) is 0 Å². The molecule has 0 aliphatic rings. The Labute approximate surface area is 156 Å². The number of unbranched alkanes of at least 4 members (excludes halogenated alkanes) is 9. The molecule has 0 atom stereocenters. The average Bonchev–Trinajstić information content (AvgIpc) is 2.63. The van der Waals surface area contributed by atoms with Crippen LogP contribution in [0.5, 0.6) is 0 Å². The molecule has 1 heteroatoms. The van der Waals surface area contributed by atoms with Crippen LogP contribution in [0.2, 0.25) is 13.1 Å². The summed E-state index contributed by atoms with van der Waals surface area (Å²) in [6.07, 6.45) is 14.6. The summed E-state index contributed by atoms with van der Waals surface area (Å²) in [5.41, 5.74) is 1.61. The zero-order chi connectivity index (χ0) is 17.5. The van der Waals surface area contributed by atoms with E-state index in [1.54, 1.807) is 9.93 Å². The van der Waals surface area contributed by atoms with Crippen LogP contribution in [0.25, 0.3) is 0 Å². The Bertz CT molecular complexity index is 380. The van der Waals surface area contributed by atoms with Crippen LogP contribution in [0, 0.1) is 0 Å². The van der Waals surface area contributed by atoms with E-state index in [0.29, 0.717) is 0 Å². The van der Waals surface area contributed by atoms with Crippen LogP contribution in [0.1, 0.15) is 90.5 Å². The standard InChI is InChI=1S/C12H25.C7H7.2C2H5.Sb/c1-3-5-7-9-11-12-10-8-6-4-2;1-7-5-3-2-4-6-7;2*1-2;/h1,3-12H2,2H3;2-6H,1H2;2*1H2,2H3;/q;;;;+1. The molecule has 0 aliphatic carbocycles. The van der Waals surface area contributed by atoms with Gasteiger partial charge in [-0.15, -0.1) is 0 Å². The molecule has 0 fully saturated rings. The minimum absolute atomic E-state index is 1.37. The van der Waals surface area contributed by atoms with E-state index in [-0.39, 0.29) is 0 Å². The molecule has 0 radical (unpaired) electrons. The minimum atomic E-state index is -1.78. The van der Waals surface area contributed by atoms with Gasteiger partial charge in [-0.25, -0.2) is 0 Å². The molecule has 24 heavy (non-hydrogen) atoms. The average molecular weight is 440 g/mol. The first-order valence-corrected chi connectivity index (χ1v) is 17.9. The maximum atomic E-state index is 2.48. The first kappa shape index (κ1) is 22.1. The Morgan fingerprint density at radius 1 is 0.625 bits per heavy atom. The van der Waals surface area contributed by atoms with Crippen molar-refractivity contribution < 1.29 is 0 Å². The van der Waals surface area contributed by atoms with E-state index in [4.69, 9.17) is 0 Å². The van der Waals surface area contributed by atoms with Gasteiger partial charge >= 0.3 is 157 Å². The van der Waals surface area contributed by atoms with Crippen LogP contribution < -0.4 is 0 Å². The molecule has 0 N–H and O–H groups in total. The van der Waals surface area contributed by atoms with Crippen molar-refractivity contribution in [3.05, 3.63) is 35.9 Å². The van der Waals surface area contributed by atoms with Crippen molar-refractivity contribution in [2.24, 2.45) is 0 Å². The van der Waals surface area contributed by atoms with Gasteiger partial charge in [0.2, 0.25) is 0 Å². The molecule has 0 aromatic heterocycles. The summed E-state index contributed by atoms with van der Waals surface area (Å²) in [7, 11) is 0. The first-order chi connectivity index (χ1) is 11.8. The van der Waals surface area contributed by atoms with Crippen molar-refractivity contribution >= 4 is 18.8 Å². The molecule has 0 unspecified atom stereocenters. The monoisotopic (exact) mass is 439 g/mol. The van der Waals surface area contributed by atoms with Crippen molar-refractivity contribution in [2.45, 2.75) is 102 Å². The van der Waals surface area contributed by atoms with Gasteiger partial charge in [-0.2, -0.15) is 0 Å². The first-order valence-electron chi connectivity index (χ1n) is 10.7. The molecule has 0 bridgehead atoms. The predicted molar refractivity (Wildman–Crippen MR) is 114 cm³/mol. The normalized spacial score (nSPS) is 11.8. The van der Waals surface area contributed by atoms with E-state index >= 15 is 0 Å². The van der Waals surface area contributed by atoms with Crippen molar-refractivity contribution in [3.8, 4) is 0 Å². The maximum absolute atomic E-state index is 2.48. The molecule has 0 heterocycles. The molecular formula is C23H42Sb+. The molecule has 1 aromatic rings. The summed E-state index contributed by atoms with van der Waals surface area (Å²) in [6.45, 7) is 7.26. The molecule has 0 spiro atoms. The Balaban J connectivity index is 2.17. The Morgan fingerprint density at radius 2 is 1.12 bits per heavy atom. The second-order valence-corrected chi connectivity index (χ2v) is 21.0. The van der Waals surface area contributed by atoms with Gasteiger partial charge in [0.05, 0.1) is 0 Å². The number of hydrogen-bond donors (Lipinski definition) is 0. The summed E-state index contributed by atoms with van der Waals surface area (Å²) in [5, 5.41) is 0. The number of benzene rings is 1. The zero-order valence-corrected chi connectivity index (χ0v) is 19.3. The van der Waals surface area contributed by atoms with Gasteiger partial charge in [-0.1, -0.05) is 0 Å². The molecular weight excluding hydrogens is 398 g/mol. The van der Waals surface area contributed by atoms with Gasteiger partial charge in [0.15, 0.2) is 0 Å². The van der Waals surface area contributed by atoms with Crippen LogP contribution in [0.3, 0.4) is 0 Å². The van der Waals surface area contributed by atoms with Crippen molar-refractivity contribution in [1.82, 2.24) is 0 Å². The van der Waals surface area contributed by atoms with E-state index in [1.807, 2.05) is 0 Å². The number of hydrogen-bond acceptors (Lipinski definition) is 0. The predicted octanol–water partition coefficient (Wildman–Crippen LogP) is 8.18. The quantitative estimate of drug-likeness (QED) is 0.191. The Kier molecular flexibility index (Phi) is 13.1. The third-order valence-corrected chi connectivity index (χ3v) is 19.9. The van der Waals surface area contributed by atoms with Crippen LogP contribution in [-0.2, 0) is 4.37 Å². The van der Waals surface area contributed by atoms with E-state index in [0.717, 1.165) is 0 Å². The molecule has 0 saturated carbocycles. The van der Waals surface area contributed by atoms with Gasteiger partial charge < -0.3 is 0 Å². The third kappa shape index (κ3) is 9.50. The van der Waals surface area contributed by atoms with E-state index in [9.17, 15) is 0 Å². The van der Waals surface area contributed by atoms with E-state index in [2.05, 4.69) is 51.1 Å². The van der Waals surface area contributed by atoms with Crippen molar-refractivity contribution in [2.75, 3.05) is 0 Å². The van der Waals surface area contributed by atoms with Gasteiger partial charge in [0, 0.05) is 0 Å². The van der Waals surface area contributed by atoms with Crippen molar-refractivity contribution in [1.29, 1.82) is 0 Å². The fourth-order valence-electron chi connectivity index (χ4n) is 3.75. The second kappa shape index (κ2) is 14.2. The second-order valence-electron chi connectivity index (χ2n) is 7.52. The van der Waals surface area contributed by atoms with Gasteiger partial charge in [0.25, 0.3) is 0 Å². The summed E-state index contributed by atoms with van der Waals surface area (Å²) in [4.78, 5) is 0. The van der Waals surface area contributed by atoms with Crippen LogP contribution in [0.4, 0.5) is 0 Å². The fourth-order valence-corrected chi connectivity index (χ4v) is 13.9. The summed E-state index contributed by atoms with van der Waals surface area (Å²) in [5.74, 6) is 0. The molecule has 138 valence electrons. The Morgan fingerprint density at radius 3 is 1.62 bits per heavy atom. The summed E-state index contributed by atoms with van der Waals surface area (Å²) >= 11 is -1.78. The fraction of sp³-hybridized carbons (Fsp3) is 0.739.